The summed E-state index contributed by atoms with van der Waals surface area (Å²) >= 11 is 0. The molecule has 0 saturated carbocycles. The zero-order valence-corrected chi connectivity index (χ0v) is 17.4. The molecule has 1 aliphatic rings. The summed E-state index contributed by atoms with van der Waals surface area (Å²) in [5, 5.41) is 0. The van der Waals surface area contributed by atoms with E-state index in [9.17, 15) is 13.2 Å². The molecule has 0 bridgehead atoms. The molecule has 1 aliphatic heterocycles. The number of nitrogens with zero attached hydrogens (tertiary/aromatic N) is 3. The second-order valence-electron chi connectivity index (χ2n) is 7.80. The fourth-order valence-electron chi connectivity index (χ4n) is 3.74. The van der Waals surface area contributed by atoms with E-state index in [-0.39, 0.29) is 23.0 Å². The van der Waals surface area contributed by atoms with Crippen LogP contribution in [0.4, 0.5) is 0 Å². The van der Waals surface area contributed by atoms with Gasteiger partial charge in [0.25, 0.3) is 0 Å². The minimum absolute atomic E-state index is 0.0426. The Morgan fingerprint density at radius 1 is 1.18 bits per heavy atom. The number of sulfone groups is 1. The highest BCUT2D eigenvalue weighted by atomic mass is 32.2. The molecule has 0 aliphatic carbocycles. The van der Waals surface area contributed by atoms with Crippen LogP contribution in [0.5, 0.6) is 0 Å². The quantitative estimate of drug-likeness (QED) is 0.712. The van der Waals surface area contributed by atoms with E-state index in [2.05, 4.69) is 23.4 Å². The van der Waals surface area contributed by atoms with E-state index in [1.54, 1.807) is 30.3 Å². The zero-order chi connectivity index (χ0) is 20.1. The van der Waals surface area contributed by atoms with Crippen LogP contribution in [0.15, 0.2) is 47.6 Å². The van der Waals surface area contributed by atoms with Gasteiger partial charge in [0, 0.05) is 44.4 Å². The van der Waals surface area contributed by atoms with Gasteiger partial charge in [-0.3, -0.25) is 4.79 Å². The summed E-state index contributed by atoms with van der Waals surface area (Å²) in [6, 6.07) is 8.33. The van der Waals surface area contributed by atoms with Gasteiger partial charge in [-0.15, -0.1) is 0 Å². The Kier molecular flexibility index (Phi) is 6.54. The van der Waals surface area contributed by atoms with Crippen molar-refractivity contribution in [1.82, 2.24) is 14.5 Å². The molecule has 0 unspecified atom stereocenters. The van der Waals surface area contributed by atoms with E-state index in [0.29, 0.717) is 24.9 Å². The maximum absolute atomic E-state index is 12.5. The molecule has 7 heteroatoms. The van der Waals surface area contributed by atoms with Crippen LogP contribution in [0.2, 0.25) is 0 Å². The van der Waals surface area contributed by atoms with Crippen LogP contribution in [0, 0.1) is 5.92 Å². The highest BCUT2D eigenvalue weighted by Gasteiger charge is 2.25. The van der Waals surface area contributed by atoms with E-state index in [1.165, 1.54) is 0 Å². The Labute approximate surface area is 167 Å². The first-order valence-corrected chi connectivity index (χ1v) is 11.6. The van der Waals surface area contributed by atoms with E-state index in [0.717, 1.165) is 25.2 Å². The van der Waals surface area contributed by atoms with Crippen molar-refractivity contribution in [3.8, 4) is 0 Å². The predicted molar refractivity (Wildman–Crippen MR) is 109 cm³/mol. The largest absolute Gasteiger partial charge is 0.343 e. The monoisotopic (exact) mass is 403 g/mol. The van der Waals surface area contributed by atoms with Gasteiger partial charge in [-0.25, -0.2) is 13.4 Å². The van der Waals surface area contributed by atoms with Gasteiger partial charge >= 0.3 is 0 Å². The van der Waals surface area contributed by atoms with Gasteiger partial charge in [0.15, 0.2) is 9.84 Å². The van der Waals surface area contributed by atoms with Gasteiger partial charge < -0.3 is 9.47 Å². The molecule has 2 heterocycles. The van der Waals surface area contributed by atoms with Crippen LogP contribution in [-0.4, -0.2) is 47.6 Å². The second kappa shape index (κ2) is 8.90. The highest BCUT2D eigenvalue weighted by Crippen LogP contribution is 2.22. The first kappa shape index (κ1) is 20.6. The van der Waals surface area contributed by atoms with Crippen molar-refractivity contribution in [2.24, 2.45) is 5.92 Å². The molecule has 1 saturated heterocycles. The Hall–Kier alpha value is -2.15. The lowest BCUT2D eigenvalue weighted by Gasteiger charge is -2.32. The Morgan fingerprint density at radius 3 is 2.50 bits per heavy atom. The maximum atomic E-state index is 12.5. The van der Waals surface area contributed by atoms with E-state index in [4.69, 9.17) is 0 Å². The minimum Gasteiger partial charge on any atom is -0.343 e. The molecule has 3 rings (SSSR count). The van der Waals surface area contributed by atoms with Crippen molar-refractivity contribution in [2.75, 3.05) is 18.8 Å². The van der Waals surface area contributed by atoms with Crippen LogP contribution in [0.25, 0.3) is 0 Å². The van der Waals surface area contributed by atoms with Crippen LogP contribution >= 0.6 is 0 Å². The molecule has 0 atom stereocenters. The van der Waals surface area contributed by atoms with Crippen molar-refractivity contribution in [3.63, 3.8) is 0 Å². The molecule has 6 nitrogen and oxygen atoms in total. The zero-order valence-electron chi connectivity index (χ0n) is 16.6. The standard InChI is InChI=1S/C21H29N3O3S/c1-17(2)21-22-11-14-24(21)16-18-8-12-23(13-9-18)20(25)10-15-28(26,27)19-6-4-3-5-7-19/h3-7,11,14,17-18H,8-10,12-13,15-16H2,1-2H3. The fourth-order valence-corrected chi connectivity index (χ4v) is 5.00. The number of rotatable bonds is 7. The summed E-state index contributed by atoms with van der Waals surface area (Å²) in [5.74, 6) is 1.81. The molecule has 0 spiro atoms. The predicted octanol–water partition coefficient (Wildman–Crippen LogP) is 3.11. The van der Waals surface area contributed by atoms with Gasteiger partial charge in [0.2, 0.25) is 5.91 Å². The normalized spacial score (nSPS) is 15.9. The highest BCUT2D eigenvalue weighted by molar-refractivity contribution is 7.91. The third-order valence-electron chi connectivity index (χ3n) is 5.37. The SMILES string of the molecule is CC(C)c1nccn1CC1CCN(C(=O)CCS(=O)(=O)c2ccccc2)CC1. The van der Waals surface area contributed by atoms with Gasteiger partial charge in [-0.05, 0) is 30.9 Å². The lowest BCUT2D eigenvalue weighted by atomic mass is 9.96. The number of aromatic nitrogens is 2. The topological polar surface area (TPSA) is 72.3 Å². The van der Waals surface area contributed by atoms with E-state index >= 15 is 0 Å². The molecule has 1 aromatic carbocycles. The van der Waals surface area contributed by atoms with Crippen LogP contribution in [0.3, 0.4) is 0 Å². The molecule has 0 N–H and O–H groups in total. The summed E-state index contributed by atoms with van der Waals surface area (Å²) in [5.41, 5.74) is 0. The van der Waals surface area contributed by atoms with Gasteiger partial charge in [-0.1, -0.05) is 32.0 Å². The van der Waals surface area contributed by atoms with Gasteiger partial charge in [-0.2, -0.15) is 0 Å². The van der Waals surface area contributed by atoms with Crippen LogP contribution in [0.1, 0.15) is 44.9 Å². The Balaban J connectivity index is 1.48. The first-order valence-electron chi connectivity index (χ1n) is 9.93. The van der Waals surface area contributed by atoms with E-state index in [1.807, 2.05) is 17.3 Å². The van der Waals surface area contributed by atoms with Crippen molar-refractivity contribution in [3.05, 3.63) is 48.5 Å². The van der Waals surface area contributed by atoms with Crippen molar-refractivity contribution >= 4 is 15.7 Å². The molecular weight excluding hydrogens is 374 g/mol. The molecule has 28 heavy (non-hydrogen) atoms. The molecule has 2 aromatic rings. The smallest absolute Gasteiger partial charge is 0.223 e. The number of carbonyl (C=O) groups excluding carboxylic acids is 1. The van der Waals surface area contributed by atoms with Gasteiger partial charge in [0.05, 0.1) is 10.6 Å². The average Bonchev–Trinajstić information content (AvgIpc) is 3.16. The number of piperidine rings is 1. The number of likely N-dealkylation sites (tertiary alicyclic amines) is 1. The molecular formula is C21H29N3O3S. The van der Waals surface area contributed by atoms with Crippen molar-refractivity contribution < 1.29 is 13.2 Å². The summed E-state index contributed by atoms with van der Waals surface area (Å²) in [4.78, 5) is 19.0. The fraction of sp³-hybridized carbons (Fsp3) is 0.524. The second-order valence-corrected chi connectivity index (χ2v) is 9.91. The summed E-state index contributed by atoms with van der Waals surface area (Å²) in [6.07, 6.45) is 5.79. The number of carbonyl (C=O) groups is 1. The first-order chi connectivity index (χ1) is 13.4. The van der Waals surface area contributed by atoms with Crippen molar-refractivity contribution in [1.29, 1.82) is 0 Å². The minimum atomic E-state index is -3.41. The van der Waals surface area contributed by atoms with Crippen LogP contribution in [-0.2, 0) is 21.2 Å². The van der Waals surface area contributed by atoms with Crippen LogP contribution < -0.4 is 0 Å². The lowest BCUT2D eigenvalue weighted by Crippen LogP contribution is -2.40. The van der Waals surface area contributed by atoms with Crippen molar-refractivity contribution in [2.45, 2.75) is 50.5 Å². The third-order valence-corrected chi connectivity index (χ3v) is 7.11. The molecule has 1 amide bonds. The average molecular weight is 404 g/mol. The molecule has 1 fully saturated rings. The Bertz CT molecular complexity index is 883. The number of imidazole rings is 1. The van der Waals surface area contributed by atoms with E-state index < -0.39 is 9.84 Å². The maximum Gasteiger partial charge on any atom is 0.223 e. The molecule has 1 aromatic heterocycles. The summed E-state index contributed by atoms with van der Waals surface area (Å²) in [6.45, 7) is 6.60. The third kappa shape index (κ3) is 5.01. The number of benzene rings is 1. The number of hydrogen-bond acceptors (Lipinski definition) is 4. The number of hydrogen-bond donors (Lipinski definition) is 0. The summed E-state index contributed by atoms with van der Waals surface area (Å²) < 4.78 is 26.9. The number of amides is 1. The molecule has 0 radical (unpaired) electrons. The Morgan fingerprint density at radius 2 is 1.86 bits per heavy atom. The molecule has 152 valence electrons. The lowest BCUT2D eigenvalue weighted by molar-refractivity contribution is -0.132. The van der Waals surface area contributed by atoms with Gasteiger partial charge in [0.1, 0.15) is 5.82 Å². The summed E-state index contributed by atoms with van der Waals surface area (Å²) in [7, 11) is -3.41.